The van der Waals surface area contributed by atoms with Crippen molar-refractivity contribution in [1.29, 1.82) is 0 Å². The molecule has 5 nitrogen and oxygen atoms in total. The fraction of sp³-hybridized carbons (Fsp3) is 0.500. The fourth-order valence-electron chi connectivity index (χ4n) is 2.17. The van der Waals surface area contributed by atoms with E-state index in [0.717, 1.165) is 40.1 Å². The summed E-state index contributed by atoms with van der Waals surface area (Å²) in [4.78, 5) is 1.79. The lowest BCUT2D eigenvalue weighted by molar-refractivity contribution is 0.442. The van der Waals surface area contributed by atoms with Crippen LogP contribution in [0.4, 0.5) is 11.4 Å². The minimum absolute atomic E-state index is 0.532. The van der Waals surface area contributed by atoms with Gasteiger partial charge in [-0.15, -0.1) is 0 Å². The summed E-state index contributed by atoms with van der Waals surface area (Å²) >= 11 is 1.25. The highest BCUT2D eigenvalue weighted by atomic mass is 32.1. The Morgan fingerprint density at radius 3 is 1.94 bits per heavy atom. The van der Waals surface area contributed by atoms with Crippen molar-refractivity contribution in [2.75, 3.05) is 0 Å². The summed E-state index contributed by atoms with van der Waals surface area (Å²) in [5.41, 5.74) is 5.98. The maximum Gasteiger partial charge on any atom is 0.118 e. The van der Waals surface area contributed by atoms with E-state index in [-0.39, 0.29) is 0 Å². The normalized spacial score (nSPS) is 13.4. The van der Waals surface area contributed by atoms with Crippen molar-refractivity contribution in [3.63, 3.8) is 0 Å². The average Bonchev–Trinajstić information content (AvgIpc) is 2.91. The molecule has 6 heteroatoms. The van der Waals surface area contributed by atoms with E-state index in [1.165, 1.54) is 11.4 Å². The predicted molar refractivity (Wildman–Crippen MR) is 73.4 cm³/mol. The molecule has 2 heterocycles. The molecule has 1 aliphatic rings. The molecule has 0 spiro atoms. The minimum Gasteiger partial charge on any atom is -0.183 e. The van der Waals surface area contributed by atoms with Gasteiger partial charge in [0.2, 0.25) is 0 Å². The molecule has 1 aromatic carbocycles. The maximum atomic E-state index is 4.59. The zero-order valence-corrected chi connectivity index (χ0v) is 11.7. The van der Waals surface area contributed by atoms with Crippen LogP contribution in [0.1, 0.15) is 25.0 Å². The van der Waals surface area contributed by atoms with Crippen molar-refractivity contribution in [3.8, 4) is 0 Å². The van der Waals surface area contributed by atoms with Crippen molar-refractivity contribution >= 4 is 33.8 Å². The number of fused-ring (bicyclic) bond motifs is 2. The molecule has 3 rings (SSSR count). The Balaban J connectivity index is 2.26. The molecular weight excluding hydrogens is 246 g/mol. The second-order valence-electron chi connectivity index (χ2n) is 5.06. The van der Waals surface area contributed by atoms with Gasteiger partial charge in [0, 0.05) is 11.1 Å². The lowest BCUT2D eigenvalue weighted by Crippen LogP contribution is -2.07. The molecule has 1 aliphatic heterocycles. The molecule has 0 N–H and O–H groups in total. The molecule has 18 heavy (non-hydrogen) atoms. The van der Waals surface area contributed by atoms with Crippen LogP contribution in [0.5, 0.6) is 0 Å². The second-order valence-corrected chi connectivity index (χ2v) is 5.59. The van der Waals surface area contributed by atoms with Crippen LogP contribution in [0.3, 0.4) is 0 Å². The van der Waals surface area contributed by atoms with E-state index in [0.29, 0.717) is 5.92 Å². The molecule has 0 unspecified atom stereocenters. The summed E-state index contributed by atoms with van der Waals surface area (Å²) in [7, 11) is 0. The largest absolute Gasteiger partial charge is 0.183 e. The molecule has 0 bridgehead atoms. The van der Waals surface area contributed by atoms with Crippen molar-refractivity contribution < 1.29 is 0 Å². The third kappa shape index (κ3) is 1.59. The van der Waals surface area contributed by atoms with Crippen LogP contribution < -0.4 is 0 Å². The van der Waals surface area contributed by atoms with Crippen LogP contribution in [0.2, 0.25) is 0 Å². The quantitative estimate of drug-likeness (QED) is 0.709. The van der Waals surface area contributed by atoms with Gasteiger partial charge in [0.25, 0.3) is 0 Å². The topological polar surface area (TPSA) is 55.4 Å². The number of benzene rings is 1. The van der Waals surface area contributed by atoms with E-state index in [9.17, 15) is 0 Å². The van der Waals surface area contributed by atoms with Gasteiger partial charge in [-0.2, -0.15) is 23.7 Å². The summed E-state index contributed by atoms with van der Waals surface area (Å²) in [6.45, 7) is 9.24. The van der Waals surface area contributed by atoms with Crippen LogP contribution >= 0.6 is 0 Å². The van der Waals surface area contributed by atoms with Gasteiger partial charge in [-0.1, -0.05) is 13.8 Å². The van der Waals surface area contributed by atoms with Crippen LogP contribution in [0.25, 0.3) is 11.0 Å². The van der Waals surface area contributed by atoms with Gasteiger partial charge >= 0.3 is 0 Å². The SMILES string of the molecule is Cc1c2c(c(C)c3nn(CC(C)C)nc13)N=S=N2. The Bertz CT molecular complexity index is 656. The molecule has 0 atom stereocenters. The molecular formula is C12H15N5S. The number of nitrogens with zero attached hydrogens (tertiary/aromatic N) is 5. The van der Waals surface area contributed by atoms with Crippen molar-refractivity contribution in [2.24, 2.45) is 14.6 Å². The van der Waals surface area contributed by atoms with E-state index < -0.39 is 0 Å². The molecule has 0 fully saturated rings. The highest BCUT2D eigenvalue weighted by Crippen LogP contribution is 2.41. The first kappa shape index (κ1) is 11.5. The van der Waals surface area contributed by atoms with E-state index >= 15 is 0 Å². The molecule has 0 saturated carbocycles. The van der Waals surface area contributed by atoms with E-state index in [4.69, 9.17) is 0 Å². The Hall–Kier alpha value is -1.56. The standard InChI is InChI=1S/C12H15N5S/c1-6(2)5-17-13-9-7(3)11-12(16-18-15-11)8(4)10(9)14-17/h6H,5H2,1-4H3. The first-order chi connectivity index (χ1) is 8.58. The molecule has 0 saturated heterocycles. The summed E-state index contributed by atoms with van der Waals surface area (Å²) in [6.07, 6.45) is 0. The Morgan fingerprint density at radius 2 is 1.50 bits per heavy atom. The molecule has 94 valence electrons. The molecule has 0 radical (unpaired) electrons. The van der Waals surface area contributed by atoms with Crippen LogP contribution in [0.15, 0.2) is 8.73 Å². The number of aromatic nitrogens is 3. The zero-order valence-electron chi connectivity index (χ0n) is 10.9. The van der Waals surface area contributed by atoms with E-state index in [1.54, 1.807) is 4.80 Å². The number of hydrogen-bond acceptors (Lipinski definition) is 4. The highest BCUT2D eigenvalue weighted by molar-refractivity contribution is 7.58. The van der Waals surface area contributed by atoms with Crippen LogP contribution in [-0.4, -0.2) is 15.0 Å². The van der Waals surface area contributed by atoms with E-state index in [1.807, 2.05) is 13.8 Å². The predicted octanol–water partition coefficient (Wildman–Crippen LogP) is 3.43. The summed E-state index contributed by atoms with van der Waals surface area (Å²) in [5, 5.41) is 9.17. The smallest absolute Gasteiger partial charge is 0.118 e. The first-order valence-corrected chi connectivity index (χ1v) is 6.77. The monoisotopic (exact) mass is 261 g/mol. The molecule has 0 amide bonds. The number of aryl methyl sites for hydroxylation is 2. The van der Waals surface area contributed by atoms with Crippen LogP contribution in [0, 0.1) is 19.8 Å². The van der Waals surface area contributed by atoms with Gasteiger partial charge in [-0.25, -0.2) is 0 Å². The van der Waals surface area contributed by atoms with E-state index in [2.05, 4.69) is 32.8 Å². The maximum absolute atomic E-state index is 4.59. The van der Waals surface area contributed by atoms with Crippen molar-refractivity contribution in [1.82, 2.24) is 15.0 Å². The van der Waals surface area contributed by atoms with Gasteiger partial charge in [-0.3, -0.25) is 0 Å². The summed E-state index contributed by atoms with van der Waals surface area (Å²) in [6, 6.07) is 0. The highest BCUT2D eigenvalue weighted by Gasteiger charge is 2.20. The van der Waals surface area contributed by atoms with Gasteiger partial charge in [-0.05, 0) is 19.8 Å². The van der Waals surface area contributed by atoms with Crippen molar-refractivity contribution in [2.45, 2.75) is 34.2 Å². The lowest BCUT2D eigenvalue weighted by Gasteiger charge is -2.03. The van der Waals surface area contributed by atoms with Gasteiger partial charge in [0.1, 0.15) is 22.4 Å². The van der Waals surface area contributed by atoms with Crippen molar-refractivity contribution in [3.05, 3.63) is 11.1 Å². The minimum atomic E-state index is 0.532. The molecule has 2 aromatic rings. The second kappa shape index (κ2) is 3.98. The summed E-state index contributed by atoms with van der Waals surface area (Å²) in [5.74, 6) is 0.532. The number of rotatable bonds is 2. The fourth-order valence-corrected chi connectivity index (χ4v) is 2.82. The number of hydrogen-bond donors (Lipinski definition) is 0. The first-order valence-electron chi connectivity index (χ1n) is 6.04. The third-order valence-electron chi connectivity index (χ3n) is 3.09. The lowest BCUT2D eigenvalue weighted by atomic mass is 10.1. The van der Waals surface area contributed by atoms with Gasteiger partial charge in [0.05, 0.1) is 17.9 Å². The Morgan fingerprint density at radius 1 is 1.00 bits per heavy atom. The molecule has 0 aliphatic carbocycles. The van der Waals surface area contributed by atoms with Crippen LogP contribution in [-0.2, 0) is 17.9 Å². The van der Waals surface area contributed by atoms with Gasteiger partial charge in [0.15, 0.2) is 0 Å². The third-order valence-corrected chi connectivity index (χ3v) is 3.62. The molecule has 1 aromatic heterocycles. The summed E-state index contributed by atoms with van der Waals surface area (Å²) < 4.78 is 8.71. The zero-order chi connectivity index (χ0) is 12.9. The Labute approximate surface area is 109 Å². The van der Waals surface area contributed by atoms with Gasteiger partial charge < -0.3 is 0 Å². The average molecular weight is 261 g/mol. The Kier molecular flexibility index (Phi) is 2.55.